The number of nitrogens with one attached hydrogen (secondary N) is 6. The van der Waals surface area contributed by atoms with E-state index in [-0.39, 0.29) is 67.9 Å². The highest BCUT2D eigenvalue weighted by atomic mass is 32.2. The summed E-state index contributed by atoms with van der Waals surface area (Å²) >= 11 is 1.25. The van der Waals surface area contributed by atoms with Crippen LogP contribution in [0.4, 0.5) is 22.9 Å². The molecule has 0 saturated carbocycles. The molecule has 4 aromatic heterocycles. The minimum Gasteiger partial charge on any atom is -0.379 e. The molecule has 10 rings (SSSR count). The minimum absolute atomic E-state index is 0.0269. The van der Waals surface area contributed by atoms with Gasteiger partial charge in [-0.15, -0.1) is 20.4 Å². The lowest BCUT2D eigenvalue weighted by Gasteiger charge is -2.36. The van der Waals surface area contributed by atoms with Gasteiger partial charge in [-0.05, 0) is 61.8 Å². The number of benzene rings is 2. The van der Waals surface area contributed by atoms with Crippen LogP contribution in [0.15, 0.2) is 71.3 Å². The normalized spacial score (nSPS) is 16.9. The number of amides is 4. The van der Waals surface area contributed by atoms with Gasteiger partial charge in [0.1, 0.15) is 5.01 Å². The van der Waals surface area contributed by atoms with E-state index in [2.05, 4.69) is 67.0 Å². The zero-order valence-electron chi connectivity index (χ0n) is 57.5. The number of carbonyl (C=O) groups is 4. The molecule has 0 unspecified atom stereocenters. The van der Waals surface area contributed by atoms with Crippen LogP contribution < -0.4 is 21.3 Å². The summed E-state index contributed by atoms with van der Waals surface area (Å²) < 4.78 is 121. The first-order chi connectivity index (χ1) is 45.6. The van der Waals surface area contributed by atoms with Crippen molar-refractivity contribution in [2.45, 2.75) is 133 Å². The molecule has 0 radical (unpaired) electrons. The van der Waals surface area contributed by atoms with E-state index in [1.807, 2.05) is 102 Å². The van der Waals surface area contributed by atoms with Gasteiger partial charge < -0.3 is 18.7 Å². The van der Waals surface area contributed by atoms with E-state index in [1.54, 1.807) is 6.07 Å². The Kier molecular flexibility index (Phi) is 24.9. The summed E-state index contributed by atoms with van der Waals surface area (Å²) in [5.74, 6) is -1.45. The summed E-state index contributed by atoms with van der Waals surface area (Å²) in [5.41, 5.74) is 1.88. The van der Waals surface area contributed by atoms with Crippen molar-refractivity contribution in [1.29, 1.82) is 0 Å². The molecule has 4 aliphatic rings. The fourth-order valence-corrected chi connectivity index (χ4v) is 16.2. The molecule has 38 heteroatoms. The zero-order valence-corrected chi connectivity index (χ0v) is 61.5. The maximum absolute atomic E-state index is 12.8. The Labute approximate surface area is 575 Å². The van der Waals surface area contributed by atoms with Crippen molar-refractivity contribution in [3.05, 3.63) is 77.4 Å². The molecule has 6 aromatic rings. The third-order valence-electron chi connectivity index (χ3n) is 16.2. The molecule has 4 amide bonds. The van der Waals surface area contributed by atoms with Gasteiger partial charge in [0.25, 0.3) is 0 Å². The van der Waals surface area contributed by atoms with E-state index in [9.17, 15) is 52.8 Å². The summed E-state index contributed by atoms with van der Waals surface area (Å²) in [7, 11) is -15.2. The number of carbonyl (C=O) groups excluding carboxylic acids is 4. The topological polar surface area (TPSA) is 429 Å². The van der Waals surface area contributed by atoms with Crippen molar-refractivity contribution < 1.29 is 71.6 Å². The summed E-state index contributed by atoms with van der Waals surface area (Å²) in [6, 6.07) is 20.2. The molecule has 4 fully saturated rings. The van der Waals surface area contributed by atoms with Crippen molar-refractivity contribution >= 4 is 98.0 Å². The lowest BCUT2D eigenvalue weighted by Crippen LogP contribution is -2.55. The number of nitrogens with zero attached hydrogens (tertiary/aromatic N) is 11. The summed E-state index contributed by atoms with van der Waals surface area (Å²) in [6.07, 6.45) is 0.818. The molecule has 0 bridgehead atoms. The number of aromatic amines is 2. The van der Waals surface area contributed by atoms with E-state index in [0.717, 1.165) is 22.6 Å². The largest absolute Gasteiger partial charge is 0.379 e. The molecule has 0 aliphatic carbocycles. The van der Waals surface area contributed by atoms with E-state index < -0.39 is 82.7 Å². The first-order valence-electron chi connectivity index (χ1n) is 31.3. The molecular formula is C60H89N17O16S5. The van der Waals surface area contributed by atoms with E-state index in [4.69, 9.17) is 18.7 Å². The van der Waals surface area contributed by atoms with Crippen molar-refractivity contribution in [2.24, 2.45) is 0 Å². The van der Waals surface area contributed by atoms with Crippen LogP contribution in [-0.2, 0) is 84.3 Å². The van der Waals surface area contributed by atoms with Gasteiger partial charge in [-0.2, -0.15) is 22.9 Å². The Morgan fingerprint density at radius 3 is 1.09 bits per heavy atom. The fraction of sp³-hybridized carbons (Fsp3) is 0.583. The Bertz CT molecular complexity index is 4060. The van der Waals surface area contributed by atoms with Gasteiger partial charge in [0.05, 0.1) is 45.3 Å². The monoisotopic (exact) mass is 1460 g/mol. The number of aromatic nitrogens is 9. The summed E-state index contributed by atoms with van der Waals surface area (Å²) in [6.45, 7) is 27.3. The minimum atomic E-state index is -3.85. The van der Waals surface area contributed by atoms with Crippen molar-refractivity contribution in [2.75, 3.05) is 113 Å². The molecule has 4 saturated heterocycles. The molecule has 8 heterocycles. The first kappa shape index (κ1) is 78.2. The van der Waals surface area contributed by atoms with Gasteiger partial charge in [-0.3, -0.25) is 50.6 Å². The number of morpholine rings is 3. The molecular weight excluding hydrogens is 1380 g/mol. The van der Waals surface area contributed by atoms with Gasteiger partial charge in [0.15, 0.2) is 30.6 Å². The average Bonchev–Trinajstić information content (AvgIpc) is 1.09. The van der Waals surface area contributed by atoms with Crippen LogP contribution >= 0.6 is 11.3 Å². The number of H-pyrrole nitrogens is 2. The maximum atomic E-state index is 12.8. The van der Waals surface area contributed by atoms with Crippen LogP contribution in [0.3, 0.4) is 0 Å². The van der Waals surface area contributed by atoms with Gasteiger partial charge >= 0.3 is 0 Å². The maximum Gasteiger partial charge on any atom is 0.249 e. The molecule has 0 spiro atoms. The highest BCUT2D eigenvalue weighted by Crippen LogP contribution is 2.33. The van der Waals surface area contributed by atoms with Crippen molar-refractivity contribution in [3.8, 4) is 22.8 Å². The van der Waals surface area contributed by atoms with Crippen LogP contribution in [0.5, 0.6) is 0 Å². The highest BCUT2D eigenvalue weighted by molar-refractivity contribution is 7.92. The standard InChI is InChI=1S/C16H21N5O4S.C15H19N5O3S.C15H25N3O5S.C14H24N4O4S2/c1-16(2,26(23,24)21-8-10-25-11-9-21)14(22)18-15-17-13(19-20-15)12-6-4-3-5-7-12;1-15(2,24(22,23)20-9-6-10-20)13(21)17-14-16-12(18-19-14)11-7-4-3-5-8-11;1-14(2,3)11-10-12(23-17-11)16-13(19)15(4,5)24(20,21)18-6-8-22-9-7-18;1-13(2,3)11-16-17-12(23-11)15-10(19)14(4,5)24(20,21)18-6-8-22-9-7-18/h3-7H,8-11H2,1-2H3,(H2,17,18,19,20,22);3-5,7-8H,6,9-10H2,1-2H3,(H2,16,17,18,19,21);10H,6-9H2,1-5H3,(H,16,19);6-9H2,1-5H3,(H,15,17,19). The Hall–Kier alpha value is -7.11. The van der Waals surface area contributed by atoms with Crippen LogP contribution in [0, 0.1) is 0 Å². The number of rotatable bonds is 18. The third-order valence-corrected chi connectivity index (χ3v) is 27.5. The second-order valence-corrected chi connectivity index (χ2v) is 37.8. The SMILES string of the molecule is CC(C)(C(=O)Nc1n[nH]c(-c2ccccc2)n1)S(=O)(=O)N1CCC1.CC(C)(C(=O)Nc1n[nH]c(-c2ccccc2)n1)S(=O)(=O)N1CCOCC1.CC(C)(C)c1cc(NC(=O)C(C)(C)S(=O)(=O)N2CCOCC2)on1.CC(C)(C)c1nnc(NC(=O)C(C)(C)S(=O)(=O)N2CCOCC2)s1. The van der Waals surface area contributed by atoms with Crippen molar-refractivity contribution in [1.82, 2.24) is 62.9 Å². The number of anilines is 4. The van der Waals surface area contributed by atoms with Crippen LogP contribution in [0.1, 0.15) is 114 Å². The zero-order chi connectivity index (χ0) is 72.5. The second-order valence-electron chi connectivity index (χ2n) is 26.9. The molecule has 98 heavy (non-hydrogen) atoms. The fourth-order valence-electron chi connectivity index (χ4n) is 9.01. The second kappa shape index (κ2) is 31.2. The molecule has 0 atom stereocenters. The van der Waals surface area contributed by atoms with Crippen molar-refractivity contribution in [3.63, 3.8) is 0 Å². The van der Waals surface area contributed by atoms with Gasteiger partial charge in [-0.1, -0.05) is 119 Å². The van der Waals surface area contributed by atoms with Crippen LogP contribution in [0.25, 0.3) is 22.8 Å². The quantitative estimate of drug-likeness (QED) is 0.0682. The van der Waals surface area contributed by atoms with Crippen LogP contribution in [-0.4, -0.2) is 231 Å². The summed E-state index contributed by atoms with van der Waals surface area (Å²) in [5, 5.41) is 36.4. The Balaban J connectivity index is 0.000000184. The predicted octanol–water partition coefficient (Wildman–Crippen LogP) is 4.64. The summed E-state index contributed by atoms with van der Waals surface area (Å²) in [4.78, 5) is 58.6. The third kappa shape index (κ3) is 18.1. The van der Waals surface area contributed by atoms with Gasteiger partial charge in [0, 0.05) is 80.4 Å². The Morgan fingerprint density at radius 2 is 0.786 bits per heavy atom. The highest BCUT2D eigenvalue weighted by Gasteiger charge is 2.50. The molecule has 33 nitrogen and oxygen atoms in total. The molecule has 4 aliphatic heterocycles. The van der Waals surface area contributed by atoms with Gasteiger partial charge in [0.2, 0.25) is 86.6 Å². The van der Waals surface area contributed by atoms with Crippen LogP contribution in [0.2, 0.25) is 0 Å². The smallest absolute Gasteiger partial charge is 0.249 e. The first-order valence-corrected chi connectivity index (χ1v) is 37.9. The number of hydrogen-bond donors (Lipinski definition) is 6. The van der Waals surface area contributed by atoms with E-state index in [1.165, 1.54) is 83.9 Å². The lowest BCUT2D eigenvalue weighted by molar-refractivity contribution is -0.118. The van der Waals surface area contributed by atoms with E-state index in [0.29, 0.717) is 75.2 Å². The van der Waals surface area contributed by atoms with Gasteiger partial charge in [-0.25, -0.2) is 38.0 Å². The molecule has 540 valence electrons. The average molecular weight is 1460 g/mol. The lowest BCUT2D eigenvalue weighted by atomic mass is 9.92. The van der Waals surface area contributed by atoms with E-state index >= 15 is 0 Å². The predicted molar refractivity (Wildman–Crippen MR) is 367 cm³/mol. The molecule has 6 N–H and O–H groups in total. The number of sulfonamides is 4. The number of hydrogen-bond acceptors (Lipinski definition) is 24. The Morgan fingerprint density at radius 1 is 0.449 bits per heavy atom. The molecule has 2 aromatic carbocycles. The number of ether oxygens (including phenoxy) is 3.